The Balaban J connectivity index is 1.87. The van der Waals surface area contributed by atoms with Crippen molar-refractivity contribution in [2.24, 2.45) is 0 Å². The molecule has 0 radical (unpaired) electrons. The van der Waals surface area contributed by atoms with Gasteiger partial charge in [0.25, 0.3) is 0 Å². The zero-order valence-corrected chi connectivity index (χ0v) is 9.33. The van der Waals surface area contributed by atoms with Crippen molar-refractivity contribution in [3.8, 4) is 5.75 Å². The Morgan fingerprint density at radius 3 is 2.81 bits per heavy atom. The number of benzene rings is 1. The Hall–Kier alpha value is -1.52. The van der Waals surface area contributed by atoms with Crippen molar-refractivity contribution >= 4 is 11.6 Å². The second kappa shape index (κ2) is 5.01. The lowest BCUT2D eigenvalue weighted by molar-refractivity contribution is 0.475. The van der Waals surface area contributed by atoms with Gasteiger partial charge in [0.15, 0.2) is 0 Å². The van der Waals surface area contributed by atoms with Crippen molar-refractivity contribution in [3.63, 3.8) is 0 Å². The van der Waals surface area contributed by atoms with E-state index >= 15 is 0 Å². The Kier molecular flexibility index (Phi) is 3.44. The molecule has 1 aromatic heterocycles. The number of hydrogen-bond donors (Lipinski definition) is 3. The first-order chi connectivity index (χ1) is 7.75. The highest BCUT2D eigenvalue weighted by molar-refractivity contribution is 6.32. The van der Waals surface area contributed by atoms with Gasteiger partial charge in [-0.1, -0.05) is 17.7 Å². The predicted molar refractivity (Wildman–Crippen MR) is 62.2 cm³/mol. The summed E-state index contributed by atoms with van der Waals surface area (Å²) in [7, 11) is 0. The molecule has 2 rings (SSSR count). The smallest absolute Gasteiger partial charge is 0.134 e. The highest BCUT2D eigenvalue weighted by Gasteiger charge is 2.00. The van der Waals surface area contributed by atoms with Crippen LogP contribution in [0, 0.1) is 0 Å². The number of aromatic hydroxyl groups is 1. The van der Waals surface area contributed by atoms with Crippen molar-refractivity contribution in [2.45, 2.75) is 13.1 Å². The molecule has 5 heteroatoms. The number of rotatable bonds is 4. The Morgan fingerprint density at radius 2 is 2.12 bits per heavy atom. The molecular weight excluding hydrogens is 226 g/mol. The molecule has 0 spiro atoms. The molecule has 16 heavy (non-hydrogen) atoms. The van der Waals surface area contributed by atoms with E-state index in [-0.39, 0.29) is 5.75 Å². The van der Waals surface area contributed by atoms with Gasteiger partial charge in [-0.05, 0) is 17.7 Å². The molecule has 0 aliphatic carbocycles. The van der Waals surface area contributed by atoms with Gasteiger partial charge in [-0.2, -0.15) is 5.10 Å². The Bertz CT molecular complexity index is 456. The minimum absolute atomic E-state index is 0.111. The second-order valence-corrected chi connectivity index (χ2v) is 3.90. The summed E-state index contributed by atoms with van der Waals surface area (Å²) in [6.07, 6.45) is 3.62. The molecule has 1 aromatic carbocycles. The lowest BCUT2D eigenvalue weighted by Gasteiger charge is -2.04. The molecule has 0 unspecified atom stereocenters. The summed E-state index contributed by atoms with van der Waals surface area (Å²) < 4.78 is 0. The Morgan fingerprint density at radius 1 is 1.31 bits per heavy atom. The monoisotopic (exact) mass is 237 g/mol. The van der Waals surface area contributed by atoms with Crippen LogP contribution < -0.4 is 5.32 Å². The van der Waals surface area contributed by atoms with Crippen LogP contribution in [0.2, 0.25) is 5.02 Å². The molecule has 0 saturated heterocycles. The first-order valence-electron chi connectivity index (χ1n) is 4.91. The van der Waals surface area contributed by atoms with Crippen LogP contribution in [-0.2, 0) is 13.1 Å². The van der Waals surface area contributed by atoms with Gasteiger partial charge in [-0.15, -0.1) is 0 Å². The summed E-state index contributed by atoms with van der Waals surface area (Å²) in [6.45, 7) is 1.44. The van der Waals surface area contributed by atoms with Crippen molar-refractivity contribution in [1.82, 2.24) is 15.5 Å². The van der Waals surface area contributed by atoms with E-state index in [0.29, 0.717) is 11.6 Å². The van der Waals surface area contributed by atoms with E-state index < -0.39 is 0 Å². The van der Waals surface area contributed by atoms with Crippen LogP contribution in [0.3, 0.4) is 0 Å². The maximum Gasteiger partial charge on any atom is 0.134 e. The quantitative estimate of drug-likeness (QED) is 0.763. The topological polar surface area (TPSA) is 60.9 Å². The third-order valence-corrected chi connectivity index (χ3v) is 2.53. The van der Waals surface area contributed by atoms with Gasteiger partial charge in [0.05, 0.1) is 11.2 Å². The normalized spacial score (nSPS) is 10.6. The van der Waals surface area contributed by atoms with E-state index in [1.54, 1.807) is 18.3 Å². The maximum absolute atomic E-state index is 9.25. The first-order valence-corrected chi connectivity index (χ1v) is 5.29. The molecular formula is C11H12ClN3O. The summed E-state index contributed by atoms with van der Waals surface area (Å²) in [5.41, 5.74) is 2.14. The van der Waals surface area contributed by atoms with Gasteiger partial charge in [-0.25, -0.2) is 0 Å². The summed E-state index contributed by atoms with van der Waals surface area (Å²) in [5, 5.41) is 19.5. The van der Waals surface area contributed by atoms with Crippen molar-refractivity contribution < 1.29 is 5.11 Å². The zero-order chi connectivity index (χ0) is 11.4. The number of phenols is 1. The van der Waals surface area contributed by atoms with Crippen LogP contribution in [0.5, 0.6) is 5.75 Å². The molecule has 0 aliphatic rings. The summed E-state index contributed by atoms with van der Waals surface area (Å²) in [4.78, 5) is 0. The molecule has 1 heterocycles. The number of halogens is 1. The molecule has 0 aliphatic heterocycles. The molecule has 0 bridgehead atoms. The number of aromatic amines is 1. The minimum Gasteiger partial charge on any atom is -0.506 e. The third kappa shape index (κ3) is 2.74. The van der Waals surface area contributed by atoms with Gasteiger partial charge in [-0.3, -0.25) is 5.10 Å². The summed E-state index contributed by atoms with van der Waals surface area (Å²) >= 11 is 5.80. The van der Waals surface area contributed by atoms with Gasteiger partial charge < -0.3 is 10.4 Å². The van der Waals surface area contributed by atoms with E-state index in [1.165, 1.54) is 0 Å². The Labute approximate surface area is 98.3 Å². The van der Waals surface area contributed by atoms with Crippen LogP contribution in [-0.4, -0.2) is 15.3 Å². The van der Waals surface area contributed by atoms with Gasteiger partial charge in [0.1, 0.15) is 5.75 Å². The lowest BCUT2D eigenvalue weighted by Crippen LogP contribution is -2.12. The van der Waals surface area contributed by atoms with E-state index in [9.17, 15) is 5.11 Å². The molecule has 84 valence electrons. The average molecular weight is 238 g/mol. The number of nitrogens with one attached hydrogen (secondary N) is 2. The second-order valence-electron chi connectivity index (χ2n) is 3.50. The highest BCUT2D eigenvalue weighted by atomic mass is 35.5. The standard InChI is InChI=1S/C11H12ClN3O/c12-10-3-8(1-2-11(10)16)4-13-5-9-6-14-15-7-9/h1-3,6-7,13,16H,4-5H2,(H,14,15). The third-order valence-electron chi connectivity index (χ3n) is 2.23. The van der Waals surface area contributed by atoms with Gasteiger partial charge in [0.2, 0.25) is 0 Å². The van der Waals surface area contributed by atoms with E-state index in [2.05, 4.69) is 15.5 Å². The van der Waals surface area contributed by atoms with Crippen LogP contribution in [0.15, 0.2) is 30.6 Å². The summed E-state index contributed by atoms with van der Waals surface area (Å²) in [5.74, 6) is 0.111. The lowest BCUT2D eigenvalue weighted by atomic mass is 10.2. The van der Waals surface area contributed by atoms with Crippen molar-refractivity contribution in [3.05, 3.63) is 46.7 Å². The predicted octanol–water partition coefficient (Wildman–Crippen LogP) is 2.06. The van der Waals surface area contributed by atoms with Crippen LogP contribution in [0.1, 0.15) is 11.1 Å². The number of nitrogens with zero attached hydrogens (tertiary/aromatic N) is 1. The highest BCUT2D eigenvalue weighted by Crippen LogP contribution is 2.23. The van der Waals surface area contributed by atoms with Crippen LogP contribution >= 0.6 is 11.6 Å². The molecule has 4 nitrogen and oxygen atoms in total. The molecule has 0 amide bonds. The molecule has 0 saturated carbocycles. The van der Waals surface area contributed by atoms with Crippen molar-refractivity contribution in [1.29, 1.82) is 0 Å². The number of phenolic OH excluding ortho intramolecular Hbond substituents is 1. The molecule has 2 aromatic rings. The summed E-state index contributed by atoms with van der Waals surface area (Å²) in [6, 6.07) is 5.18. The van der Waals surface area contributed by atoms with Crippen molar-refractivity contribution in [2.75, 3.05) is 0 Å². The van der Waals surface area contributed by atoms with Crippen LogP contribution in [0.4, 0.5) is 0 Å². The number of hydrogen-bond acceptors (Lipinski definition) is 3. The van der Waals surface area contributed by atoms with Gasteiger partial charge >= 0.3 is 0 Å². The first kappa shape index (κ1) is 11.0. The number of aromatic nitrogens is 2. The fourth-order valence-electron chi connectivity index (χ4n) is 1.39. The van der Waals surface area contributed by atoms with E-state index in [4.69, 9.17) is 11.6 Å². The zero-order valence-electron chi connectivity index (χ0n) is 8.57. The fraction of sp³-hybridized carbons (Fsp3) is 0.182. The molecule has 0 atom stereocenters. The average Bonchev–Trinajstić information content (AvgIpc) is 2.76. The van der Waals surface area contributed by atoms with E-state index in [0.717, 1.165) is 17.7 Å². The largest absolute Gasteiger partial charge is 0.506 e. The SMILES string of the molecule is Oc1ccc(CNCc2cn[nH]c2)cc1Cl. The number of H-pyrrole nitrogens is 1. The minimum atomic E-state index is 0.111. The van der Waals surface area contributed by atoms with Gasteiger partial charge in [0, 0.05) is 24.8 Å². The molecule has 3 N–H and O–H groups in total. The fourth-order valence-corrected chi connectivity index (χ4v) is 1.59. The van der Waals surface area contributed by atoms with E-state index in [1.807, 2.05) is 12.3 Å². The molecule has 0 fully saturated rings. The van der Waals surface area contributed by atoms with Crippen LogP contribution in [0.25, 0.3) is 0 Å². The maximum atomic E-state index is 9.25.